The van der Waals surface area contributed by atoms with Crippen LogP contribution in [-0.2, 0) is 0 Å². The van der Waals surface area contributed by atoms with Crippen LogP contribution < -0.4 is 11.1 Å². The number of amides is 1. The van der Waals surface area contributed by atoms with Gasteiger partial charge in [0, 0.05) is 16.6 Å². The van der Waals surface area contributed by atoms with Crippen molar-refractivity contribution in [1.82, 2.24) is 4.57 Å². The summed E-state index contributed by atoms with van der Waals surface area (Å²) in [7, 11) is 0. The van der Waals surface area contributed by atoms with Crippen LogP contribution in [0.3, 0.4) is 0 Å². The normalized spacial score (nSPS) is 10.8. The van der Waals surface area contributed by atoms with Crippen molar-refractivity contribution in [1.29, 1.82) is 0 Å². The Kier molecular flexibility index (Phi) is 4.41. The molecule has 4 aromatic rings. The van der Waals surface area contributed by atoms with Crippen LogP contribution in [0.4, 0.5) is 11.5 Å². The summed E-state index contributed by atoms with van der Waals surface area (Å²) in [5.41, 5.74) is 9.43. The predicted molar refractivity (Wildman–Crippen MR) is 112 cm³/mol. The number of anilines is 2. The third kappa shape index (κ3) is 3.03. The number of nitrogens with two attached hydrogens (primary N) is 1. The second-order valence-corrected chi connectivity index (χ2v) is 6.61. The smallest absolute Gasteiger partial charge is 0.263 e. The molecule has 0 saturated carbocycles. The van der Waals surface area contributed by atoms with Gasteiger partial charge in [0.2, 0.25) is 0 Å². The summed E-state index contributed by atoms with van der Waals surface area (Å²) in [6.07, 6.45) is 0. The van der Waals surface area contributed by atoms with Crippen LogP contribution in [0.1, 0.15) is 26.3 Å². The molecule has 1 aromatic heterocycles. The average Bonchev–Trinajstić information content (AvgIpc) is 3.00. The number of hydrogen-bond donors (Lipinski definition) is 2. The fraction of sp³-hybridized carbons (Fsp3) is 0.0435. The fourth-order valence-electron chi connectivity index (χ4n) is 3.34. The molecular weight excluding hydrogens is 350 g/mol. The van der Waals surface area contributed by atoms with Gasteiger partial charge in [0.25, 0.3) is 11.8 Å². The molecule has 5 nitrogen and oxygen atoms in total. The molecule has 0 aliphatic carbocycles. The Balaban J connectivity index is 1.83. The Morgan fingerprint density at radius 3 is 2.36 bits per heavy atom. The molecule has 0 atom stereocenters. The number of benzene rings is 3. The summed E-state index contributed by atoms with van der Waals surface area (Å²) in [4.78, 5) is 26.1. The molecule has 1 heterocycles. The number of aryl methyl sites for hydroxylation is 1. The maximum absolute atomic E-state index is 13.1. The Morgan fingerprint density at radius 1 is 0.893 bits per heavy atom. The van der Waals surface area contributed by atoms with Gasteiger partial charge in [0.15, 0.2) is 0 Å². The van der Waals surface area contributed by atoms with Crippen LogP contribution in [0.5, 0.6) is 0 Å². The molecule has 0 unspecified atom stereocenters. The van der Waals surface area contributed by atoms with E-state index in [2.05, 4.69) is 5.32 Å². The van der Waals surface area contributed by atoms with E-state index in [-0.39, 0.29) is 17.6 Å². The first kappa shape index (κ1) is 17.5. The lowest BCUT2D eigenvalue weighted by atomic mass is 10.1. The molecule has 1 amide bonds. The number of fused-ring (bicyclic) bond motifs is 1. The zero-order chi connectivity index (χ0) is 19.7. The van der Waals surface area contributed by atoms with E-state index in [1.54, 1.807) is 36.4 Å². The van der Waals surface area contributed by atoms with Crippen LogP contribution in [0.2, 0.25) is 0 Å². The van der Waals surface area contributed by atoms with Crippen molar-refractivity contribution in [2.45, 2.75) is 6.92 Å². The molecule has 0 spiro atoms. The van der Waals surface area contributed by atoms with Crippen molar-refractivity contribution in [3.8, 4) is 0 Å². The molecular formula is C23H19N3O2. The highest BCUT2D eigenvalue weighted by atomic mass is 16.2. The standard InChI is InChI=1S/C23H19N3O2/c1-15-8-7-11-17(14-15)25-22(27)20-18-12-5-6-13-19(18)26(21(20)24)23(28)16-9-3-2-4-10-16/h2-14H,24H2,1H3,(H,25,27). The number of nitrogen functional groups attached to an aromatic ring is 1. The van der Waals surface area contributed by atoms with Gasteiger partial charge in [-0.25, -0.2) is 0 Å². The van der Waals surface area contributed by atoms with E-state index in [0.29, 0.717) is 27.7 Å². The van der Waals surface area contributed by atoms with Crippen molar-refractivity contribution >= 4 is 34.2 Å². The predicted octanol–water partition coefficient (Wildman–Crippen LogP) is 4.47. The van der Waals surface area contributed by atoms with E-state index >= 15 is 0 Å². The molecule has 0 aliphatic heterocycles. The van der Waals surface area contributed by atoms with E-state index in [1.807, 2.05) is 49.4 Å². The first-order valence-corrected chi connectivity index (χ1v) is 8.93. The van der Waals surface area contributed by atoms with E-state index < -0.39 is 0 Å². The van der Waals surface area contributed by atoms with Crippen LogP contribution in [0.15, 0.2) is 78.9 Å². The minimum atomic E-state index is -0.348. The van der Waals surface area contributed by atoms with Crippen molar-refractivity contribution in [3.63, 3.8) is 0 Å². The molecule has 0 bridgehead atoms. The topological polar surface area (TPSA) is 77.1 Å². The fourth-order valence-corrected chi connectivity index (χ4v) is 3.34. The quantitative estimate of drug-likeness (QED) is 0.559. The summed E-state index contributed by atoms with van der Waals surface area (Å²) < 4.78 is 1.40. The molecule has 0 aliphatic rings. The molecule has 28 heavy (non-hydrogen) atoms. The van der Waals surface area contributed by atoms with E-state index in [1.165, 1.54) is 4.57 Å². The van der Waals surface area contributed by atoms with Gasteiger partial charge in [-0.2, -0.15) is 0 Å². The number of aromatic nitrogens is 1. The number of nitrogens with one attached hydrogen (secondary N) is 1. The van der Waals surface area contributed by atoms with Crippen molar-refractivity contribution in [2.24, 2.45) is 0 Å². The highest BCUT2D eigenvalue weighted by Gasteiger charge is 2.24. The van der Waals surface area contributed by atoms with Crippen LogP contribution in [0.25, 0.3) is 10.9 Å². The molecule has 0 radical (unpaired) electrons. The Morgan fingerprint density at radius 2 is 1.61 bits per heavy atom. The summed E-state index contributed by atoms with van der Waals surface area (Å²) in [5.74, 6) is -0.497. The second-order valence-electron chi connectivity index (χ2n) is 6.61. The van der Waals surface area contributed by atoms with Crippen LogP contribution in [0, 0.1) is 6.92 Å². The summed E-state index contributed by atoms with van der Waals surface area (Å²) in [6.45, 7) is 1.95. The van der Waals surface area contributed by atoms with Crippen LogP contribution in [-0.4, -0.2) is 16.4 Å². The van der Waals surface area contributed by atoms with Crippen LogP contribution >= 0.6 is 0 Å². The Labute approximate surface area is 162 Å². The van der Waals surface area contributed by atoms with Gasteiger partial charge in [-0.3, -0.25) is 14.2 Å². The largest absolute Gasteiger partial charge is 0.384 e. The highest BCUT2D eigenvalue weighted by molar-refractivity contribution is 6.19. The summed E-state index contributed by atoms with van der Waals surface area (Å²) >= 11 is 0. The van der Waals surface area contributed by atoms with E-state index in [0.717, 1.165) is 5.56 Å². The van der Waals surface area contributed by atoms with Gasteiger partial charge < -0.3 is 11.1 Å². The first-order chi connectivity index (χ1) is 13.6. The van der Waals surface area contributed by atoms with Crippen molar-refractivity contribution < 1.29 is 9.59 Å². The highest BCUT2D eigenvalue weighted by Crippen LogP contribution is 2.30. The Hall–Kier alpha value is -3.86. The summed E-state index contributed by atoms with van der Waals surface area (Å²) in [5, 5.41) is 3.51. The Bertz CT molecular complexity index is 1190. The molecule has 138 valence electrons. The molecule has 3 aromatic carbocycles. The SMILES string of the molecule is Cc1cccc(NC(=O)c2c(N)n(C(=O)c3ccccc3)c3ccccc23)c1. The lowest BCUT2D eigenvalue weighted by Gasteiger charge is -2.08. The number of para-hydroxylation sites is 1. The molecule has 3 N–H and O–H groups in total. The number of carbonyl (C=O) groups excluding carboxylic acids is 2. The maximum atomic E-state index is 13.1. The molecule has 5 heteroatoms. The minimum absolute atomic E-state index is 0.125. The number of hydrogen-bond acceptors (Lipinski definition) is 3. The molecule has 0 fully saturated rings. The second kappa shape index (κ2) is 7.04. The monoisotopic (exact) mass is 369 g/mol. The third-order valence-electron chi connectivity index (χ3n) is 4.64. The van der Waals surface area contributed by atoms with Gasteiger partial charge in [-0.15, -0.1) is 0 Å². The van der Waals surface area contributed by atoms with Crippen molar-refractivity contribution in [3.05, 3.63) is 95.6 Å². The minimum Gasteiger partial charge on any atom is -0.384 e. The van der Waals surface area contributed by atoms with E-state index in [4.69, 9.17) is 5.73 Å². The van der Waals surface area contributed by atoms with Gasteiger partial charge in [0.05, 0.1) is 11.1 Å². The lowest BCUT2D eigenvalue weighted by molar-refractivity contribution is 0.0967. The summed E-state index contributed by atoms with van der Waals surface area (Å²) in [6, 6.07) is 23.6. The zero-order valence-electron chi connectivity index (χ0n) is 15.3. The van der Waals surface area contributed by atoms with Gasteiger partial charge in [-0.05, 0) is 42.8 Å². The average molecular weight is 369 g/mol. The van der Waals surface area contributed by atoms with E-state index in [9.17, 15) is 9.59 Å². The van der Waals surface area contributed by atoms with Gasteiger partial charge in [0.1, 0.15) is 5.82 Å². The number of rotatable bonds is 3. The van der Waals surface area contributed by atoms with Gasteiger partial charge >= 0.3 is 0 Å². The lowest BCUT2D eigenvalue weighted by Crippen LogP contribution is -2.17. The third-order valence-corrected chi connectivity index (χ3v) is 4.64. The first-order valence-electron chi connectivity index (χ1n) is 8.93. The maximum Gasteiger partial charge on any atom is 0.263 e. The number of nitrogens with zero attached hydrogens (tertiary/aromatic N) is 1. The molecule has 4 rings (SSSR count). The van der Waals surface area contributed by atoms with Crippen molar-refractivity contribution in [2.75, 3.05) is 11.1 Å². The molecule has 0 saturated heterocycles. The van der Waals surface area contributed by atoms with Gasteiger partial charge in [-0.1, -0.05) is 48.5 Å². The zero-order valence-corrected chi connectivity index (χ0v) is 15.3. The number of carbonyl (C=O) groups is 2.